The number of quaternary nitrogens is 1. The van der Waals surface area contributed by atoms with Crippen molar-refractivity contribution in [2.45, 2.75) is 148 Å². The first-order valence-electron chi connectivity index (χ1n) is 22.7. The average molecular weight is 872 g/mol. The molecule has 342 valence electrons. The molecule has 2 fully saturated rings. The normalized spacial score (nSPS) is 28.9. The standard InChI is InChI=1S/C49H65N3O11/c1-7-8-9-10-11-12-13-14-15-16-17-18-42(54)63-48-39(27-31(2)44(48)55)43-47(49(43,58)46(5,6)57)32(3)40(62-33(4)53)28-34(29-41(47)48)30-61-45(56)35-19-21-36(22-20-35)50-51-37-23-25-38(26-24-37)52(59)60/h19-27,29,32,39-41,43,52,57-59H,7-18,28,30H2,1-6H3/t32-,39+,40-,41-,43-,47+,48-,49-/m0/s1. The van der Waals surface area contributed by atoms with E-state index in [1.54, 1.807) is 31.2 Å². The van der Waals surface area contributed by atoms with Crippen molar-refractivity contribution in [2.24, 2.45) is 39.3 Å². The van der Waals surface area contributed by atoms with Gasteiger partial charge in [-0.2, -0.15) is 15.5 Å². The van der Waals surface area contributed by atoms with Crippen LogP contribution in [0.2, 0.25) is 0 Å². The van der Waals surface area contributed by atoms with Gasteiger partial charge in [0.2, 0.25) is 5.78 Å². The van der Waals surface area contributed by atoms with Gasteiger partial charge in [0.15, 0.2) is 11.3 Å². The summed E-state index contributed by atoms with van der Waals surface area (Å²) >= 11 is 0. The number of azo groups is 1. The van der Waals surface area contributed by atoms with Gasteiger partial charge in [0, 0.05) is 61.0 Å². The van der Waals surface area contributed by atoms with Crippen molar-refractivity contribution < 1.29 is 54.0 Å². The first kappa shape index (κ1) is 47.9. The van der Waals surface area contributed by atoms with E-state index < -0.39 is 75.1 Å². The number of carbonyl (C=O) groups excluding carboxylic acids is 4. The van der Waals surface area contributed by atoms with Crippen LogP contribution in [-0.2, 0) is 28.6 Å². The Labute approximate surface area is 370 Å². The molecule has 2 saturated carbocycles. The van der Waals surface area contributed by atoms with Crippen molar-refractivity contribution in [1.29, 1.82) is 0 Å². The van der Waals surface area contributed by atoms with Crippen LogP contribution >= 0.6 is 0 Å². The van der Waals surface area contributed by atoms with Crippen molar-refractivity contribution in [2.75, 3.05) is 6.61 Å². The lowest BCUT2D eigenvalue weighted by atomic mass is 9.65. The van der Waals surface area contributed by atoms with Crippen LogP contribution in [0, 0.1) is 34.3 Å². The van der Waals surface area contributed by atoms with Crippen LogP contribution in [0.25, 0.3) is 0 Å². The summed E-state index contributed by atoms with van der Waals surface area (Å²) in [6.45, 7) is 9.82. The summed E-state index contributed by atoms with van der Waals surface area (Å²) in [5.74, 6) is -5.21. The zero-order valence-corrected chi connectivity index (χ0v) is 37.6. The first-order valence-corrected chi connectivity index (χ1v) is 22.7. The van der Waals surface area contributed by atoms with Gasteiger partial charge in [0.1, 0.15) is 18.3 Å². The molecule has 2 aromatic rings. The molecule has 4 aliphatic carbocycles. The molecule has 6 rings (SSSR count). The van der Waals surface area contributed by atoms with E-state index in [0.717, 1.165) is 19.3 Å². The number of fused-ring (bicyclic) bond motifs is 3. The minimum absolute atomic E-state index is 0.0989. The van der Waals surface area contributed by atoms with Crippen molar-refractivity contribution in [3.05, 3.63) is 82.6 Å². The van der Waals surface area contributed by atoms with Crippen molar-refractivity contribution >= 4 is 40.8 Å². The number of esters is 3. The molecular weight excluding hydrogens is 807 g/mol. The van der Waals surface area contributed by atoms with E-state index in [0.29, 0.717) is 28.9 Å². The highest BCUT2D eigenvalue weighted by Crippen LogP contribution is 2.86. The average Bonchev–Trinajstić information content (AvgIpc) is 3.67. The summed E-state index contributed by atoms with van der Waals surface area (Å²) in [6.07, 6.45) is 15.2. The third-order valence-electron chi connectivity index (χ3n) is 14.1. The van der Waals surface area contributed by atoms with E-state index in [1.165, 1.54) is 102 Å². The predicted molar refractivity (Wildman–Crippen MR) is 233 cm³/mol. The van der Waals surface area contributed by atoms with Crippen LogP contribution in [-0.4, -0.2) is 68.6 Å². The Morgan fingerprint density at radius 2 is 1.44 bits per heavy atom. The molecule has 0 aromatic heterocycles. The second-order valence-electron chi connectivity index (χ2n) is 18.6. The molecule has 0 aliphatic heterocycles. The molecule has 1 unspecified atom stereocenters. The smallest absolute Gasteiger partial charge is 0.338 e. The number of carbonyl (C=O) groups is 4. The molecule has 14 nitrogen and oxygen atoms in total. The molecule has 0 heterocycles. The second-order valence-corrected chi connectivity index (χ2v) is 18.6. The topological polar surface area (TPSA) is 209 Å². The number of aliphatic hydroxyl groups is 2. The van der Waals surface area contributed by atoms with Crippen molar-refractivity contribution in [3.63, 3.8) is 0 Å². The van der Waals surface area contributed by atoms with Crippen LogP contribution in [0.3, 0.4) is 0 Å². The number of unbranched alkanes of at least 4 members (excludes halogenated alkanes) is 10. The number of hydrogen-bond donors (Lipinski definition) is 4. The highest BCUT2D eigenvalue weighted by Gasteiger charge is 2.96. The SMILES string of the molecule is CCCCCCCCCCCCCC(=O)O[C@@]12C(=O)C(C)=C[C@@H]1[C@H]1[C@@]3([C@@H]2C=C(COC(=O)c2ccc(N=Nc4ccc([NH+]([O-])O)cc4)cc2)C[C@H](OC(C)=O)[C@@H]3C)[C@@]1(O)C(C)(C)O. The maximum atomic E-state index is 14.6. The Morgan fingerprint density at radius 3 is 1.98 bits per heavy atom. The third kappa shape index (κ3) is 9.33. The van der Waals surface area contributed by atoms with E-state index in [1.807, 2.05) is 6.92 Å². The number of hydrogen-bond acceptors (Lipinski definition) is 13. The fourth-order valence-corrected chi connectivity index (χ4v) is 11.1. The quantitative estimate of drug-likeness (QED) is 0.0234. The van der Waals surface area contributed by atoms with Gasteiger partial charge in [0.05, 0.1) is 22.5 Å². The lowest BCUT2D eigenvalue weighted by Gasteiger charge is -2.45. The van der Waals surface area contributed by atoms with E-state index in [2.05, 4.69) is 17.2 Å². The van der Waals surface area contributed by atoms with Crippen LogP contribution < -0.4 is 5.23 Å². The monoisotopic (exact) mass is 871 g/mol. The highest BCUT2D eigenvalue weighted by atomic mass is 16.8. The van der Waals surface area contributed by atoms with Gasteiger partial charge in [-0.3, -0.25) is 14.4 Å². The van der Waals surface area contributed by atoms with E-state index >= 15 is 0 Å². The molecule has 0 radical (unpaired) electrons. The Morgan fingerprint density at radius 1 is 0.889 bits per heavy atom. The highest BCUT2D eigenvalue weighted by molar-refractivity contribution is 6.07. The third-order valence-corrected chi connectivity index (χ3v) is 14.1. The number of rotatable bonds is 21. The number of nitrogens with zero attached hydrogens (tertiary/aromatic N) is 2. The fourth-order valence-electron chi connectivity index (χ4n) is 11.1. The first-order chi connectivity index (χ1) is 29.9. The molecule has 0 saturated heterocycles. The molecule has 1 spiro atoms. The molecular formula is C49H65N3O11. The number of ether oxygens (including phenoxy) is 3. The summed E-state index contributed by atoms with van der Waals surface area (Å²) < 4.78 is 18.3. The number of nitrogens with one attached hydrogen (secondary N) is 1. The minimum atomic E-state index is -1.77. The molecule has 0 bridgehead atoms. The fraction of sp³-hybridized carbons (Fsp3) is 0.592. The summed E-state index contributed by atoms with van der Waals surface area (Å²) in [6, 6.07) is 12.1. The Hall–Kier alpha value is -4.60. The molecule has 14 heteroatoms. The van der Waals surface area contributed by atoms with Gasteiger partial charge in [-0.1, -0.05) is 90.2 Å². The van der Waals surface area contributed by atoms with Gasteiger partial charge in [0.25, 0.3) is 0 Å². The zero-order valence-electron chi connectivity index (χ0n) is 37.6. The molecule has 4 aliphatic rings. The Bertz CT molecular complexity index is 2070. The molecule has 63 heavy (non-hydrogen) atoms. The molecule has 4 N–H and O–H groups in total. The van der Waals surface area contributed by atoms with Gasteiger partial charge in [-0.25, -0.2) is 10.0 Å². The van der Waals surface area contributed by atoms with Crippen LogP contribution in [0.5, 0.6) is 0 Å². The maximum Gasteiger partial charge on any atom is 0.338 e. The number of benzene rings is 2. The Kier molecular flexibility index (Phi) is 14.9. The summed E-state index contributed by atoms with van der Waals surface area (Å²) in [4.78, 5) is 54.6. The summed E-state index contributed by atoms with van der Waals surface area (Å²) in [7, 11) is 0. The lowest BCUT2D eigenvalue weighted by Crippen LogP contribution is -2.99. The van der Waals surface area contributed by atoms with Crippen LogP contribution in [0.4, 0.5) is 17.1 Å². The summed E-state index contributed by atoms with van der Waals surface area (Å²) in [5.41, 5.74) is -4.32. The van der Waals surface area contributed by atoms with Gasteiger partial charge in [-0.15, -0.1) is 0 Å². The van der Waals surface area contributed by atoms with Crippen molar-refractivity contribution in [1.82, 2.24) is 0 Å². The second kappa shape index (κ2) is 19.6. The van der Waals surface area contributed by atoms with Crippen LogP contribution in [0.1, 0.15) is 135 Å². The zero-order chi connectivity index (χ0) is 45.7. The van der Waals surface area contributed by atoms with E-state index in [4.69, 9.17) is 19.4 Å². The molecule has 2 aromatic carbocycles. The number of Topliss-reactive ketones (excluding diaryl/α,β-unsaturated/α-hetero) is 1. The molecule has 9 atom stereocenters. The van der Waals surface area contributed by atoms with E-state index in [9.17, 15) is 34.6 Å². The van der Waals surface area contributed by atoms with Crippen molar-refractivity contribution in [3.8, 4) is 0 Å². The molecule has 0 amide bonds. The van der Waals surface area contributed by atoms with Gasteiger partial charge < -0.3 is 29.6 Å². The number of ketones is 1. The van der Waals surface area contributed by atoms with E-state index in [-0.39, 0.29) is 36.5 Å². The van der Waals surface area contributed by atoms with Gasteiger partial charge in [-0.05, 0) is 74.7 Å². The van der Waals surface area contributed by atoms with Crippen LogP contribution in [0.15, 0.2) is 82.1 Å². The summed E-state index contributed by atoms with van der Waals surface area (Å²) in [5, 5.41) is 52.0. The Balaban J connectivity index is 1.22. The van der Waals surface area contributed by atoms with Gasteiger partial charge >= 0.3 is 17.9 Å². The largest absolute Gasteiger partial charge is 0.595 e. The minimum Gasteiger partial charge on any atom is -0.595 e. The predicted octanol–water partition coefficient (Wildman–Crippen LogP) is 8.44. The maximum absolute atomic E-state index is 14.6. The lowest BCUT2D eigenvalue weighted by molar-refractivity contribution is -0.991.